The monoisotopic (exact) mass is 1940 g/mol. The van der Waals surface area contributed by atoms with Gasteiger partial charge in [-0.3, -0.25) is 57.5 Å². The van der Waals surface area contributed by atoms with Gasteiger partial charge in [0.1, 0.15) is 42.0 Å². The van der Waals surface area contributed by atoms with Crippen molar-refractivity contribution in [1.29, 1.82) is 0 Å². The molecular weight excluding hydrogens is 1830 g/mol. The minimum absolute atomic E-state index is 0. The molecule has 0 saturated carbocycles. The van der Waals surface area contributed by atoms with Crippen LogP contribution in [-0.2, 0) is 122 Å². The van der Waals surface area contributed by atoms with Crippen LogP contribution in [0.2, 0.25) is 0 Å². The van der Waals surface area contributed by atoms with E-state index in [-0.39, 0.29) is 193 Å². The Morgan fingerprint density at radius 1 is 0.602 bits per heavy atom. The first-order valence-electron chi connectivity index (χ1n) is 39.6. The number of ketones is 4. The summed E-state index contributed by atoms with van der Waals surface area (Å²) in [4.78, 5) is 206. The van der Waals surface area contributed by atoms with E-state index in [4.69, 9.17) is 48.6 Å². The number of benzene rings is 2. The number of carbonyl (C=O) groups is 12. The molecule has 0 unspecified atom stereocenters. The van der Waals surface area contributed by atoms with Crippen LogP contribution in [0.25, 0.3) is 0 Å². The number of carbonyl (C=O) groups excluding carboxylic acids is 16. The number of hydrogen-bond donors (Lipinski definition) is 4. The smallest absolute Gasteiger partial charge is 0.391 e. The van der Waals surface area contributed by atoms with Crippen molar-refractivity contribution < 1.29 is 138 Å². The van der Waals surface area contributed by atoms with E-state index in [0.717, 1.165) is 57.7 Å². The van der Waals surface area contributed by atoms with Crippen molar-refractivity contribution in [2.45, 2.75) is 175 Å². The number of aromatic nitrogens is 2. The molecule has 698 valence electrons. The molecule has 12 heterocycles. The molecule has 128 heavy (non-hydrogen) atoms. The molecule has 10 aliphatic heterocycles. The standard InChI is InChI=1S/C21H20F2N2O5.C14H20N2O4.C13H16N2O4.C12H18N2O3.C8H14N2O2.C7H7F2N.C4H4O2.C3H3ClO3.2CO2.HI/c1-11-9-30-10-14-7-24-8-15(19(27)20(28)18(24)21(29)25(11)14)17(26)5-3-12-2-4-13(22)6-16(12)23;1-9-4-5-20-14-8-15(7-13(19)16(9)14)6-12(10(2)17)11(3)18;1-7-3-14-4-9-6-19-5-8(2)15(9)13(18)10(14)12(17)11(7)16;1-9-4-6-17-12-8-13(5-3-10(2)15)7-11(16)14(9)12;1-6-2-3-12-8-5-9-4-7(11)10(6)8;8-6-2-1-5(4-10)7(9)3-6;1-3-4(5)6-2;1-7-3(6)2(4)5;2*2-1-3;/h2,4,6,8,11,14,28H,3,5,7,9-10H2,1H3;6,9,14H,4-5,7-8H2,1-3H3;3,8-9,17H,4-6H2,1-2H3;3,5,9,12H,4,6-8H2,1-2H3;6,8-9H,2-5H2,1H3;1-3H,4,10H2;1H,2H3;1H3;;;1H/b;;;5-3+;;;;;;;/t11-,14-;9-,14+;8-,9-;9-,12+;6-,8+;;;;;;/m11111....../s1. The fourth-order valence-electron chi connectivity index (χ4n) is 14.6. The lowest BCUT2D eigenvalue weighted by Crippen LogP contribution is -2.61. The minimum Gasteiger partial charge on any atom is -0.503 e. The summed E-state index contributed by atoms with van der Waals surface area (Å²) in [5, 5.41) is 22.3. The maximum absolute atomic E-state index is 13.8. The molecule has 0 radical (unpaired) electrons. The van der Waals surface area contributed by atoms with Crippen LogP contribution in [0.1, 0.15) is 129 Å². The normalized spacial score (nSPS) is 21.7. The molecule has 0 spiro atoms. The number of piperazine rings is 3. The predicted molar refractivity (Wildman–Crippen MR) is 450 cm³/mol. The second-order valence-electron chi connectivity index (χ2n) is 29.7. The predicted octanol–water partition coefficient (Wildman–Crippen LogP) is 2.84. The number of morpholine rings is 2. The topological polar surface area (TPSA) is 483 Å². The fraction of sp³-hybridized carbons (Fsp3) is 0.500. The number of amides is 5. The lowest BCUT2D eigenvalue weighted by molar-refractivity contribution is -0.193. The first kappa shape index (κ1) is 109. The van der Waals surface area contributed by atoms with Crippen LogP contribution in [0, 0.1) is 42.5 Å². The highest BCUT2D eigenvalue weighted by molar-refractivity contribution is 14.0. The number of fused-ring (bicyclic) bond motifs is 7. The largest absolute Gasteiger partial charge is 0.503 e. The summed E-state index contributed by atoms with van der Waals surface area (Å²) >= 11 is 4.61. The average Bonchev–Trinajstić information content (AvgIpc) is 0.748. The Balaban J connectivity index is 0.000000316. The molecule has 44 heteroatoms. The molecule has 2 aromatic carbocycles. The molecule has 5 amide bonds. The number of allylic oxidation sites excluding steroid dienone is 2. The van der Waals surface area contributed by atoms with E-state index in [9.17, 15) is 94.9 Å². The van der Waals surface area contributed by atoms with Crippen LogP contribution in [-0.4, -0.2) is 297 Å². The van der Waals surface area contributed by atoms with Gasteiger partial charge < -0.3 is 97.9 Å². The van der Waals surface area contributed by atoms with Crippen LogP contribution < -0.4 is 21.9 Å². The van der Waals surface area contributed by atoms with E-state index in [1.165, 1.54) is 69.1 Å². The number of Topliss-reactive ketones (excluding diaryl/α,β-unsaturated/α-hetero) is 3. The maximum Gasteiger partial charge on any atom is 0.391 e. The number of methoxy groups -OCH3 is 2. The summed E-state index contributed by atoms with van der Waals surface area (Å²) in [6, 6.07) is 6.62. The van der Waals surface area contributed by atoms with Gasteiger partial charge in [-0.25, -0.2) is 27.2 Å². The molecule has 8 fully saturated rings. The number of pyridine rings is 2. The molecule has 0 aliphatic carbocycles. The highest BCUT2D eigenvalue weighted by Gasteiger charge is 2.44. The number of hydrogen-bond acceptors (Lipinski definition) is 31. The molecule has 38 nitrogen and oxygen atoms in total. The maximum atomic E-state index is 13.8. The number of aryl methyl sites for hydroxylation is 2. The molecular formula is C84H103ClF4IN11O27. The minimum atomic E-state index is -1.09. The molecule has 4 aromatic rings. The lowest BCUT2D eigenvalue weighted by Gasteiger charge is -2.46. The van der Waals surface area contributed by atoms with Crippen LogP contribution in [0.3, 0.4) is 0 Å². The SMILES string of the molecule is C#CC(=O)OC.CC(=O)/C=C/N1CC(=O)N2[C@H](C)CCO[C@H]2C1.CC(=O)C(=CN1CC(=O)N2[C@H](C)CCO[C@H]2C1)C(C)=O.COC(=O)C(=O)Cl.C[C@@H]1CCO[C@H]2CNCC(=O)N12.C[C@@H]1COC[C@H]2Cn3cc(C(=O)CCc4ccc(F)cc4F)c(=O)c(O)c3C(=O)N21.Cc1cn2c(c(O)c1=O)C(=O)N1[C@@H](COC[C@H]1C)C2.I.NCc1ccc(F)cc1F.O=C=O.O=C=O. The Hall–Kier alpha value is -11.6. The first-order chi connectivity index (χ1) is 60.1. The van der Waals surface area contributed by atoms with Gasteiger partial charge in [-0.15, -0.1) is 30.4 Å². The third kappa shape index (κ3) is 30.3. The number of nitrogens with two attached hydrogens (primary N) is 1. The number of rotatable bonds is 11. The van der Waals surface area contributed by atoms with Crippen LogP contribution >= 0.6 is 35.6 Å². The Labute approximate surface area is 754 Å². The Morgan fingerprint density at radius 2 is 1.04 bits per heavy atom. The number of ether oxygens (including phenoxy) is 7. The fourth-order valence-corrected chi connectivity index (χ4v) is 14.6. The van der Waals surface area contributed by atoms with Crippen molar-refractivity contribution in [3.05, 3.63) is 150 Å². The van der Waals surface area contributed by atoms with Crippen LogP contribution in [0.15, 0.2) is 82.4 Å². The van der Waals surface area contributed by atoms with Crippen molar-refractivity contribution in [3.63, 3.8) is 0 Å². The van der Waals surface area contributed by atoms with E-state index >= 15 is 0 Å². The highest BCUT2D eigenvalue weighted by atomic mass is 127. The molecule has 8 saturated heterocycles. The van der Waals surface area contributed by atoms with Crippen molar-refractivity contribution in [3.8, 4) is 23.8 Å². The molecule has 14 rings (SSSR count). The molecule has 2 aromatic heterocycles. The first-order valence-corrected chi connectivity index (χ1v) is 40.0. The van der Waals surface area contributed by atoms with Crippen molar-refractivity contribution >= 4 is 118 Å². The van der Waals surface area contributed by atoms with E-state index in [1.54, 1.807) is 49.4 Å². The number of terminal acetylenes is 1. The van der Waals surface area contributed by atoms with Gasteiger partial charge in [0.2, 0.25) is 28.6 Å². The molecule has 10 atom stereocenters. The van der Waals surface area contributed by atoms with Gasteiger partial charge in [0, 0.05) is 105 Å². The summed E-state index contributed by atoms with van der Waals surface area (Å²) in [6.07, 6.45) is 14.6. The van der Waals surface area contributed by atoms with Crippen molar-refractivity contribution in [2.75, 3.05) is 99.7 Å². The highest BCUT2D eigenvalue weighted by Crippen LogP contribution is 2.31. The zero-order chi connectivity index (χ0) is 95.0. The third-order valence-electron chi connectivity index (χ3n) is 20.7. The summed E-state index contributed by atoms with van der Waals surface area (Å²) in [7, 11) is 2.32. The Kier molecular flexibility index (Phi) is 44.7. The lowest BCUT2D eigenvalue weighted by atomic mass is 10.0. The summed E-state index contributed by atoms with van der Waals surface area (Å²) in [5.74, 6) is -5.52. The molecule has 10 aliphatic rings. The van der Waals surface area contributed by atoms with E-state index < -0.39 is 74.5 Å². The second kappa shape index (κ2) is 52.7. The average molecular weight is 1940 g/mol. The number of aromatic hydroxyl groups is 2. The molecule has 0 bridgehead atoms. The van der Waals surface area contributed by atoms with Gasteiger partial charge in [-0.05, 0) is 123 Å². The van der Waals surface area contributed by atoms with E-state index in [0.29, 0.717) is 89.5 Å². The van der Waals surface area contributed by atoms with Gasteiger partial charge in [0.05, 0.1) is 128 Å². The Bertz CT molecular complexity index is 4950. The van der Waals surface area contributed by atoms with E-state index in [1.807, 2.05) is 35.5 Å². The zero-order valence-electron chi connectivity index (χ0n) is 72.1. The van der Waals surface area contributed by atoms with Gasteiger partial charge in [0.15, 0.2) is 46.0 Å². The van der Waals surface area contributed by atoms with Crippen LogP contribution in [0.5, 0.6) is 11.5 Å². The van der Waals surface area contributed by atoms with Gasteiger partial charge in [0.25, 0.3) is 11.8 Å². The number of nitrogens with zero attached hydrogens (tertiary/aromatic N) is 9. The second-order valence-corrected chi connectivity index (χ2v) is 30.1. The van der Waals surface area contributed by atoms with Gasteiger partial charge >= 0.3 is 29.5 Å². The van der Waals surface area contributed by atoms with Gasteiger partial charge in [-0.2, -0.15) is 19.2 Å². The summed E-state index contributed by atoms with van der Waals surface area (Å²) in [6.45, 7) is 23.2. The quantitative estimate of drug-likeness (QED) is 0.0143. The number of nitrogens with one attached hydrogen (secondary N) is 1. The van der Waals surface area contributed by atoms with Crippen LogP contribution in [0.4, 0.5) is 17.6 Å². The van der Waals surface area contributed by atoms with Crippen molar-refractivity contribution in [1.82, 2.24) is 48.8 Å². The Morgan fingerprint density at radius 3 is 1.45 bits per heavy atom. The van der Waals surface area contributed by atoms with E-state index in [2.05, 4.69) is 46.7 Å². The summed E-state index contributed by atoms with van der Waals surface area (Å²) in [5.41, 5.74) is 4.45. The van der Waals surface area contributed by atoms with Crippen molar-refractivity contribution in [2.24, 2.45) is 5.73 Å². The molecule has 5 N–H and O–H groups in total. The number of halogens is 6. The summed E-state index contributed by atoms with van der Waals surface area (Å²) < 4.78 is 90.2. The van der Waals surface area contributed by atoms with Gasteiger partial charge in [-0.1, -0.05) is 12.1 Å². The number of esters is 2. The zero-order valence-corrected chi connectivity index (χ0v) is 75.1. The third-order valence-corrected chi connectivity index (χ3v) is 20.8.